The van der Waals surface area contributed by atoms with Crippen molar-refractivity contribution in [1.29, 1.82) is 0 Å². The average molecular weight is 635 g/mol. The first-order valence-electron chi connectivity index (χ1n) is 15.7. The van der Waals surface area contributed by atoms with E-state index in [4.69, 9.17) is 28.8 Å². The molecule has 0 radical (unpaired) electrons. The molecule has 1 saturated carbocycles. The first kappa shape index (κ1) is 34.7. The first-order chi connectivity index (χ1) is 22.5. The molecule has 0 aliphatic heterocycles. The number of carbonyl (C=O) groups is 3. The van der Waals surface area contributed by atoms with Gasteiger partial charge in [-0.3, -0.25) is 19.4 Å². The largest absolute Gasteiger partial charge is 0.490 e. The Morgan fingerprint density at radius 2 is 1.59 bits per heavy atom. The van der Waals surface area contributed by atoms with E-state index in [1.807, 2.05) is 36.4 Å². The van der Waals surface area contributed by atoms with Crippen LogP contribution in [0.25, 0.3) is 11.3 Å². The Kier molecular flexibility index (Phi) is 14.6. The zero-order valence-corrected chi connectivity index (χ0v) is 26.0. The maximum Gasteiger partial charge on any atom is 0.305 e. The lowest BCUT2D eigenvalue weighted by molar-refractivity contribution is -0.138. The normalized spacial score (nSPS) is 12.8. The molecule has 0 saturated heterocycles. The number of carboxylic acid groups (broad SMARTS) is 1. The summed E-state index contributed by atoms with van der Waals surface area (Å²) in [5.74, 6) is -0.424. The number of ether oxygens (including phenoxy) is 5. The van der Waals surface area contributed by atoms with Crippen LogP contribution >= 0.6 is 0 Å². The number of carboxylic acids is 1. The van der Waals surface area contributed by atoms with E-state index in [9.17, 15) is 14.4 Å². The number of aliphatic carboxylic acids is 1. The van der Waals surface area contributed by atoms with Crippen LogP contribution in [-0.2, 0) is 30.2 Å². The number of pyridine rings is 1. The summed E-state index contributed by atoms with van der Waals surface area (Å²) >= 11 is 0. The minimum atomic E-state index is -0.882. The summed E-state index contributed by atoms with van der Waals surface area (Å²) in [5, 5.41) is 11.6. The Morgan fingerprint density at radius 1 is 0.870 bits per heavy atom. The molecule has 0 bridgehead atoms. The molecular formula is C35H42N2O9. The quantitative estimate of drug-likeness (QED) is 0.112. The van der Waals surface area contributed by atoms with Gasteiger partial charge in [-0.25, -0.2) is 0 Å². The summed E-state index contributed by atoms with van der Waals surface area (Å²) < 4.78 is 27.8. The third-order valence-corrected chi connectivity index (χ3v) is 7.31. The summed E-state index contributed by atoms with van der Waals surface area (Å²) in [5.41, 5.74) is 3.90. The van der Waals surface area contributed by atoms with E-state index >= 15 is 0 Å². The van der Waals surface area contributed by atoms with Crippen LogP contribution in [0.1, 0.15) is 58.4 Å². The maximum absolute atomic E-state index is 13.3. The number of aldehydes is 1. The molecule has 1 aliphatic rings. The Balaban J connectivity index is 1.18. The van der Waals surface area contributed by atoms with Gasteiger partial charge in [-0.1, -0.05) is 12.1 Å². The molecule has 2 N–H and O–H groups in total. The van der Waals surface area contributed by atoms with Crippen molar-refractivity contribution >= 4 is 23.9 Å². The summed E-state index contributed by atoms with van der Waals surface area (Å²) in [6, 6.07) is 16.4. The van der Waals surface area contributed by atoms with Gasteiger partial charge in [-0.2, -0.15) is 0 Å². The number of carbonyl (C=O) groups excluding carboxylic acids is 2. The Hall–Kier alpha value is -4.16. The van der Waals surface area contributed by atoms with Gasteiger partial charge in [0.2, 0.25) is 0 Å². The van der Waals surface area contributed by atoms with Gasteiger partial charge in [-0.05, 0) is 80.1 Å². The number of aryl methyl sites for hydroxylation is 1. The van der Waals surface area contributed by atoms with Crippen LogP contribution in [0.5, 0.6) is 5.75 Å². The number of nitrogens with one attached hydrogen (secondary N) is 1. The SMILES string of the molecule is O=Cc1ccnc(-c2cc(OC3CCC3)ccc2NC(=O)c2cccc(CCCOCCOCCOCCOCCC(=O)O)c2)c1. The predicted molar refractivity (Wildman–Crippen MR) is 172 cm³/mol. The van der Waals surface area contributed by atoms with Crippen LogP contribution in [0.4, 0.5) is 5.69 Å². The van der Waals surface area contributed by atoms with Gasteiger partial charge in [0, 0.05) is 29.5 Å². The van der Waals surface area contributed by atoms with Gasteiger partial charge < -0.3 is 34.1 Å². The zero-order chi connectivity index (χ0) is 32.4. The number of benzene rings is 2. The van der Waals surface area contributed by atoms with Crippen molar-refractivity contribution in [2.24, 2.45) is 0 Å². The molecular weight excluding hydrogens is 592 g/mol. The van der Waals surface area contributed by atoms with Crippen molar-refractivity contribution in [3.05, 3.63) is 77.5 Å². The average Bonchev–Trinajstić information content (AvgIpc) is 3.05. The number of anilines is 1. The van der Waals surface area contributed by atoms with Gasteiger partial charge in [0.25, 0.3) is 5.91 Å². The molecule has 1 aliphatic carbocycles. The Bertz CT molecular complexity index is 1410. The van der Waals surface area contributed by atoms with E-state index in [1.165, 1.54) is 0 Å². The van der Waals surface area contributed by atoms with Crippen LogP contribution in [0.3, 0.4) is 0 Å². The van der Waals surface area contributed by atoms with Gasteiger partial charge in [0.1, 0.15) is 12.0 Å². The second-order valence-electron chi connectivity index (χ2n) is 10.8. The molecule has 0 atom stereocenters. The minimum absolute atomic E-state index is 0.0142. The van der Waals surface area contributed by atoms with E-state index in [0.717, 1.165) is 44.0 Å². The van der Waals surface area contributed by atoms with E-state index in [1.54, 1.807) is 24.4 Å². The molecule has 0 unspecified atom stereocenters. The highest BCUT2D eigenvalue weighted by atomic mass is 16.6. The van der Waals surface area contributed by atoms with Crippen LogP contribution in [-0.4, -0.2) is 87.2 Å². The monoisotopic (exact) mass is 634 g/mol. The van der Waals surface area contributed by atoms with Gasteiger partial charge in [-0.15, -0.1) is 0 Å². The minimum Gasteiger partial charge on any atom is -0.490 e. The molecule has 3 aromatic rings. The first-order valence-corrected chi connectivity index (χ1v) is 15.7. The van der Waals surface area contributed by atoms with Crippen LogP contribution in [0.2, 0.25) is 0 Å². The Labute approximate surface area is 269 Å². The summed E-state index contributed by atoms with van der Waals surface area (Å²) in [6.07, 6.45) is 7.30. The summed E-state index contributed by atoms with van der Waals surface area (Å²) in [4.78, 5) is 39.6. The zero-order valence-electron chi connectivity index (χ0n) is 26.0. The third-order valence-electron chi connectivity index (χ3n) is 7.31. The fraction of sp³-hybridized carbons (Fsp3) is 0.429. The van der Waals surface area contributed by atoms with Crippen LogP contribution in [0, 0.1) is 0 Å². The number of aromatic nitrogens is 1. The molecule has 1 aromatic heterocycles. The van der Waals surface area contributed by atoms with Gasteiger partial charge in [0.05, 0.1) is 70.2 Å². The summed E-state index contributed by atoms with van der Waals surface area (Å²) in [7, 11) is 0. The molecule has 11 nitrogen and oxygen atoms in total. The second kappa shape index (κ2) is 19.4. The van der Waals surface area contributed by atoms with E-state index in [2.05, 4.69) is 10.3 Å². The van der Waals surface area contributed by atoms with Crippen molar-refractivity contribution in [2.45, 2.75) is 44.6 Å². The molecule has 1 heterocycles. The van der Waals surface area contributed by atoms with Crippen molar-refractivity contribution in [1.82, 2.24) is 4.98 Å². The van der Waals surface area contributed by atoms with Crippen molar-refractivity contribution in [3.8, 4) is 17.0 Å². The lowest BCUT2D eigenvalue weighted by Crippen LogP contribution is -2.24. The Morgan fingerprint density at radius 3 is 2.26 bits per heavy atom. The number of rotatable bonds is 22. The highest BCUT2D eigenvalue weighted by molar-refractivity contribution is 6.06. The van der Waals surface area contributed by atoms with Gasteiger partial charge in [0.15, 0.2) is 0 Å². The molecule has 0 spiro atoms. The topological polar surface area (TPSA) is 143 Å². The fourth-order valence-corrected chi connectivity index (χ4v) is 4.63. The number of nitrogens with zero attached hydrogens (tertiary/aromatic N) is 1. The van der Waals surface area contributed by atoms with E-state index < -0.39 is 5.97 Å². The van der Waals surface area contributed by atoms with Crippen molar-refractivity contribution in [2.75, 3.05) is 58.2 Å². The molecule has 2 aromatic carbocycles. The standard InChI is InChI=1S/C35H42N2O9/c38-25-27-11-13-36-33(23-27)31-24-30(46-29-7-2-8-29)9-10-32(31)37-35(41)28-6-1-4-26(22-28)5-3-14-42-16-18-44-20-21-45-19-17-43-15-12-34(39)40/h1,4,6,9-11,13,22-25,29H,2-3,5,7-8,12,14-21H2,(H,37,41)(H,39,40). The van der Waals surface area contributed by atoms with Crippen LogP contribution < -0.4 is 10.1 Å². The molecule has 1 fully saturated rings. The fourth-order valence-electron chi connectivity index (χ4n) is 4.63. The van der Waals surface area contributed by atoms with Gasteiger partial charge >= 0.3 is 5.97 Å². The highest BCUT2D eigenvalue weighted by Crippen LogP contribution is 2.34. The number of hydrogen-bond acceptors (Lipinski definition) is 9. The third kappa shape index (κ3) is 12.0. The van der Waals surface area contributed by atoms with E-state index in [0.29, 0.717) is 80.1 Å². The smallest absolute Gasteiger partial charge is 0.305 e. The van der Waals surface area contributed by atoms with Crippen molar-refractivity contribution < 1.29 is 43.2 Å². The van der Waals surface area contributed by atoms with E-state index in [-0.39, 0.29) is 25.0 Å². The maximum atomic E-state index is 13.3. The molecule has 46 heavy (non-hydrogen) atoms. The lowest BCUT2D eigenvalue weighted by Gasteiger charge is -2.26. The molecule has 11 heteroatoms. The molecule has 1 amide bonds. The number of hydrogen-bond donors (Lipinski definition) is 2. The highest BCUT2D eigenvalue weighted by Gasteiger charge is 2.20. The van der Waals surface area contributed by atoms with Crippen molar-refractivity contribution in [3.63, 3.8) is 0 Å². The lowest BCUT2D eigenvalue weighted by atomic mass is 9.96. The molecule has 246 valence electrons. The summed E-state index contributed by atoms with van der Waals surface area (Å²) in [6.45, 7) is 3.28. The predicted octanol–water partition coefficient (Wildman–Crippen LogP) is 5.22. The second-order valence-corrected chi connectivity index (χ2v) is 10.8. The number of amides is 1. The molecule has 4 rings (SSSR count). The van der Waals surface area contributed by atoms with Crippen LogP contribution in [0.15, 0.2) is 60.8 Å².